The van der Waals surface area contributed by atoms with Gasteiger partial charge in [-0.05, 0) is 35.9 Å². The molecule has 4 aromatic rings. The molecule has 1 aromatic heterocycles. The molecule has 0 fully saturated rings. The van der Waals surface area contributed by atoms with Crippen molar-refractivity contribution in [3.05, 3.63) is 106 Å². The van der Waals surface area contributed by atoms with Gasteiger partial charge in [0.1, 0.15) is 11.4 Å². The molecule has 0 aliphatic carbocycles. The van der Waals surface area contributed by atoms with Crippen LogP contribution in [0.3, 0.4) is 0 Å². The number of rotatable bonds is 7. The maximum atomic E-state index is 13.2. The lowest BCUT2D eigenvalue weighted by atomic mass is 10.0. The summed E-state index contributed by atoms with van der Waals surface area (Å²) in [5.41, 5.74) is 3.31. The molecular formula is C25H21N5O4. The summed E-state index contributed by atoms with van der Waals surface area (Å²) in [5, 5.41) is 14.0. The van der Waals surface area contributed by atoms with Gasteiger partial charge in [-0.3, -0.25) is 14.4 Å². The highest BCUT2D eigenvalue weighted by Gasteiger charge is 2.27. The Kier molecular flexibility index (Phi) is 6.73. The fourth-order valence-corrected chi connectivity index (χ4v) is 3.37. The van der Waals surface area contributed by atoms with Gasteiger partial charge >= 0.3 is 0 Å². The Balaban J connectivity index is 1.66. The number of carbonyl (C=O) groups is 2. The Morgan fingerprint density at radius 2 is 1.74 bits per heavy atom. The molecule has 0 unspecified atom stereocenters. The molecule has 2 amide bonds. The van der Waals surface area contributed by atoms with Gasteiger partial charge in [0.2, 0.25) is 0 Å². The maximum Gasteiger partial charge on any atom is 0.272 e. The van der Waals surface area contributed by atoms with Crippen LogP contribution < -0.4 is 21.0 Å². The molecule has 9 heteroatoms. The molecule has 0 bridgehead atoms. The summed E-state index contributed by atoms with van der Waals surface area (Å²) >= 11 is 0. The highest BCUT2D eigenvalue weighted by molar-refractivity contribution is 5.99. The SMILES string of the molecule is COc1cccc(/C=N\NC(=O)[C@@H](NC(=O)c2ccccc2)c2n[nH]c(=O)c3ccccc23)c1. The van der Waals surface area contributed by atoms with E-state index < -0.39 is 23.4 Å². The number of nitrogens with zero attached hydrogens (tertiary/aromatic N) is 2. The van der Waals surface area contributed by atoms with Crippen LogP contribution in [0.25, 0.3) is 10.8 Å². The molecule has 0 aliphatic heterocycles. The number of H-pyrrole nitrogens is 1. The predicted molar refractivity (Wildman–Crippen MR) is 128 cm³/mol. The Labute approximate surface area is 194 Å². The molecule has 4 rings (SSSR count). The number of hydrazone groups is 1. The number of aromatic amines is 1. The van der Waals surface area contributed by atoms with Crippen LogP contribution in [-0.4, -0.2) is 35.3 Å². The maximum absolute atomic E-state index is 13.2. The fourth-order valence-electron chi connectivity index (χ4n) is 3.37. The van der Waals surface area contributed by atoms with E-state index in [-0.39, 0.29) is 5.69 Å². The molecule has 3 N–H and O–H groups in total. The Hall–Kier alpha value is -4.79. The average molecular weight is 455 g/mol. The molecule has 0 spiro atoms. The molecule has 3 aromatic carbocycles. The van der Waals surface area contributed by atoms with Gasteiger partial charge in [-0.1, -0.05) is 48.5 Å². The van der Waals surface area contributed by atoms with Crippen LogP contribution in [-0.2, 0) is 4.79 Å². The van der Waals surface area contributed by atoms with Crippen molar-refractivity contribution in [2.24, 2.45) is 5.10 Å². The van der Waals surface area contributed by atoms with Gasteiger partial charge in [-0.15, -0.1) is 0 Å². The minimum absolute atomic E-state index is 0.188. The largest absolute Gasteiger partial charge is 0.497 e. The number of hydrogen-bond acceptors (Lipinski definition) is 6. The number of amides is 2. The van der Waals surface area contributed by atoms with Gasteiger partial charge in [0.15, 0.2) is 6.04 Å². The van der Waals surface area contributed by atoms with Gasteiger partial charge < -0.3 is 10.1 Å². The van der Waals surface area contributed by atoms with Crippen LogP contribution in [0.5, 0.6) is 5.75 Å². The first kappa shape index (κ1) is 22.4. The van der Waals surface area contributed by atoms with Crippen molar-refractivity contribution in [3.63, 3.8) is 0 Å². The second kappa shape index (κ2) is 10.2. The third-order valence-electron chi connectivity index (χ3n) is 5.05. The van der Waals surface area contributed by atoms with Crippen LogP contribution in [0.15, 0.2) is 88.8 Å². The smallest absolute Gasteiger partial charge is 0.272 e. The summed E-state index contributed by atoms with van der Waals surface area (Å²) in [7, 11) is 1.56. The van der Waals surface area contributed by atoms with Crippen LogP contribution in [0.4, 0.5) is 0 Å². The first-order valence-corrected chi connectivity index (χ1v) is 10.4. The summed E-state index contributed by atoms with van der Waals surface area (Å²) in [6.07, 6.45) is 1.45. The molecule has 0 saturated carbocycles. The van der Waals surface area contributed by atoms with Crippen molar-refractivity contribution in [2.45, 2.75) is 6.04 Å². The Bertz CT molecular complexity index is 1420. The van der Waals surface area contributed by atoms with Gasteiger partial charge in [0, 0.05) is 10.9 Å². The summed E-state index contributed by atoms with van der Waals surface area (Å²) < 4.78 is 5.18. The van der Waals surface area contributed by atoms with E-state index in [1.807, 2.05) is 0 Å². The van der Waals surface area contributed by atoms with Crippen molar-refractivity contribution in [1.29, 1.82) is 0 Å². The number of benzene rings is 3. The number of nitrogens with one attached hydrogen (secondary N) is 3. The lowest BCUT2D eigenvalue weighted by Gasteiger charge is -2.18. The van der Waals surface area contributed by atoms with E-state index in [1.54, 1.807) is 86.0 Å². The van der Waals surface area contributed by atoms with Crippen LogP contribution in [0, 0.1) is 0 Å². The van der Waals surface area contributed by atoms with Crippen LogP contribution in [0.1, 0.15) is 27.7 Å². The van der Waals surface area contributed by atoms with E-state index >= 15 is 0 Å². The van der Waals surface area contributed by atoms with E-state index in [2.05, 4.69) is 26.0 Å². The molecule has 0 radical (unpaired) electrons. The number of aromatic nitrogens is 2. The number of ether oxygens (including phenoxy) is 1. The fraction of sp³-hybridized carbons (Fsp3) is 0.0800. The van der Waals surface area contributed by atoms with Gasteiger partial charge in [0.25, 0.3) is 17.4 Å². The normalized spacial score (nSPS) is 11.8. The minimum atomic E-state index is -1.23. The van der Waals surface area contributed by atoms with Gasteiger partial charge in [-0.25, -0.2) is 10.5 Å². The average Bonchev–Trinajstić information content (AvgIpc) is 2.88. The first-order valence-electron chi connectivity index (χ1n) is 10.4. The van der Waals surface area contributed by atoms with Crippen molar-refractivity contribution < 1.29 is 14.3 Å². The molecular weight excluding hydrogens is 434 g/mol. The molecule has 170 valence electrons. The van der Waals surface area contributed by atoms with Crippen molar-refractivity contribution >= 4 is 28.8 Å². The molecule has 1 atom stereocenters. The molecule has 0 saturated heterocycles. The lowest BCUT2D eigenvalue weighted by molar-refractivity contribution is -0.123. The Morgan fingerprint density at radius 1 is 1.00 bits per heavy atom. The quantitative estimate of drug-likeness (QED) is 0.292. The summed E-state index contributed by atoms with van der Waals surface area (Å²) in [4.78, 5) is 38.2. The molecule has 34 heavy (non-hydrogen) atoms. The highest BCUT2D eigenvalue weighted by atomic mass is 16.5. The summed E-state index contributed by atoms with van der Waals surface area (Å²) in [6.45, 7) is 0. The van der Waals surface area contributed by atoms with E-state index in [1.165, 1.54) is 6.21 Å². The molecule has 1 heterocycles. The zero-order valence-electron chi connectivity index (χ0n) is 18.2. The zero-order valence-corrected chi connectivity index (χ0v) is 18.2. The van der Waals surface area contributed by atoms with E-state index in [9.17, 15) is 14.4 Å². The van der Waals surface area contributed by atoms with Crippen molar-refractivity contribution in [3.8, 4) is 5.75 Å². The van der Waals surface area contributed by atoms with Gasteiger partial charge in [0.05, 0.1) is 18.7 Å². The summed E-state index contributed by atoms with van der Waals surface area (Å²) in [5.74, 6) is -0.463. The Morgan fingerprint density at radius 3 is 2.50 bits per heavy atom. The number of fused-ring (bicyclic) bond motifs is 1. The zero-order chi connectivity index (χ0) is 23.9. The lowest BCUT2D eigenvalue weighted by Crippen LogP contribution is -2.40. The number of carbonyl (C=O) groups excluding carboxylic acids is 2. The number of methoxy groups -OCH3 is 1. The van der Waals surface area contributed by atoms with E-state index in [4.69, 9.17) is 4.74 Å². The monoisotopic (exact) mass is 455 g/mol. The standard InChI is InChI=1S/C25H21N5O4/c1-34-18-11-7-8-16(14-18)15-26-29-25(33)22(27-23(31)17-9-3-2-4-10-17)21-19-12-5-6-13-20(19)24(32)30-28-21/h2-15,22H,1H3,(H,27,31)(H,29,33)(H,30,32)/b26-15-/t22-/m0/s1. The number of hydrogen-bond donors (Lipinski definition) is 3. The van der Waals surface area contributed by atoms with Crippen molar-refractivity contribution in [2.75, 3.05) is 7.11 Å². The third-order valence-corrected chi connectivity index (χ3v) is 5.05. The van der Waals surface area contributed by atoms with Crippen LogP contribution >= 0.6 is 0 Å². The molecule has 9 nitrogen and oxygen atoms in total. The van der Waals surface area contributed by atoms with E-state index in [0.29, 0.717) is 27.6 Å². The van der Waals surface area contributed by atoms with Crippen molar-refractivity contribution in [1.82, 2.24) is 20.9 Å². The predicted octanol–water partition coefficient (Wildman–Crippen LogP) is 2.55. The summed E-state index contributed by atoms with van der Waals surface area (Å²) in [6, 6.07) is 21.1. The second-order valence-electron chi connectivity index (χ2n) is 7.27. The van der Waals surface area contributed by atoms with E-state index in [0.717, 1.165) is 0 Å². The topological polar surface area (TPSA) is 126 Å². The first-order chi connectivity index (χ1) is 16.6. The highest BCUT2D eigenvalue weighted by Crippen LogP contribution is 2.20. The second-order valence-corrected chi connectivity index (χ2v) is 7.27. The van der Waals surface area contributed by atoms with Crippen LogP contribution in [0.2, 0.25) is 0 Å². The minimum Gasteiger partial charge on any atom is -0.497 e. The third kappa shape index (κ3) is 4.99. The molecule has 0 aliphatic rings. The van der Waals surface area contributed by atoms with Gasteiger partial charge in [-0.2, -0.15) is 10.2 Å².